The Kier molecular flexibility index (Phi) is 3.76. The van der Waals surface area contributed by atoms with Crippen LogP contribution in [0.3, 0.4) is 0 Å². The van der Waals surface area contributed by atoms with Crippen molar-refractivity contribution in [3.05, 3.63) is 52.8 Å². The number of hydrogen-bond donors (Lipinski definition) is 1. The van der Waals surface area contributed by atoms with E-state index in [-0.39, 0.29) is 11.9 Å². The molecule has 104 valence electrons. The fourth-order valence-electron chi connectivity index (χ4n) is 2.20. The molecule has 1 aliphatic heterocycles. The molecule has 0 bridgehead atoms. The summed E-state index contributed by atoms with van der Waals surface area (Å²) < 4.78 is 18.9. The maximum atomic E-state index is 13.1. The number of hydrogen-bond acceptors (Lipinski definition) is 3. The summed E-state index contributed by atoms with van der Waals surface area (Å²) in [6, 6.07) is 10.1. The highest BCUT2D eigenvalue weighted by Crippen LogP contribution is 2.34. The summed E-state index contributed by atoms with van der Waals surface area (Å²) in [5.74, 6) is 1.32. The number of nitrogen functional groups attached to an aromatic ring is 1. The van der Waals surface area contributed by atoms with Gasteiger partial charge in [-0.3, -0.25) is 0 Å². The Labute approximate surface area is 126 Å². The van der Waals surface area contributed by atoms with Crippen LogP contribution in [0, 0.1) is 5.82 Å². The van der Waals surface area contributed by atoms with Crippen molar-refractivity contribution in [3.8, 4) is 5.75 Å². The van der Waals surface area contributed by atoms with Crippen molar-refractivity contribution < 1.29 is 9.13 Å². The summed E-state index contributed by atoms with van der Waals surface area (Å²) in [6.45, 7) is 0. The standard InChI is InChI=1S/C15H13ClFNOS/c16-13-7-11(18)2-4-15(13)20-8-12-6-9-5-10(17)1-3-14(9)19-12/h1-5,7,12H,6,8,18H2. The second-order valence-corrected chi connectivity index (χ2v) is 6.17. The van der Waals surface area contributed by atoms with E-state index >= 15 is 0 Å². The lowest BCUT2D eigenvalue weighted by Gasteiger charge is -2.11. The molecule has 0 fully saturated rings. The highest BCUT2D eigenvalue weighted by molar-refractivity contribution is 7.99. The molecule has 0 radical (unpaired) electrons. The van der Waals surface area contributed by atoms with E-state index in [1.165, 1.54) is 12.1 Å². The van der Waals surface area contributed by atoms with Gasteiger partial charge in [0.2, 0.25) is 0 Å². The normalized spacial score (nSPS) is 16.8. The topological polar surface area (TPSA) is 35.2 Å². The lowest BCUT2D eigenvalue weighted by molar-refractivity contribution is 0.259. The number of ether oxygens (including phenoxy) is 1. The second-order valence-electron chi connectivity index (χ2n) is 4.70. The molecule has 1 heterocycles. The Morgan fingerprint density at radius 1 is 1.30 bits per heavy atom. The van der Waals surface area contributed by atoms with Crippen molar-refractivity contribution in [2.45, 2.75) is 17.4 Å². The third-order valence-electron chi connectivity index (χ3n) is 3.14. The minimum atomic E-state index is -0.220. The minimum absolute atomic E-state index is 0.0467. The van der Waals surface area contributed by atoms with Gasteiger partial charge in [-0.1, -0.05) is 11.6 Å². The zero-order chi connectivity index (χ0) is 14.1. The summed E-state index contributed by atoms with van der Waals surface area (Å²) in [4.78, 5) is 0.978. The Morgan fingerprint density at radius 3 is 2.95 bits per heavy atom. The molecule has 1 unspecified atom stereocenters. The van der Waals surface area contributed by atoms with Crippen molar-refractivity contribution in [3.63, 3.8) is 0 Å². The molecule has 5 heteroatoms. The molecule has 0 amide bonds. The monoisotopic (exact) mass is 309 g/mol. The predicted octanol–water partition coefficient (Wildman–Crippen LogP) is 4.16. The van der Waals surface area contributed by atoms with Crippen LogP contribution in [-0.4, -0.2) is 11.9 Å². The molecule has 2 N–H and O–H groups in total. The molecule has 0 saturated heterocycles. The summed E-state index contributed by atoms with van der Waals surface area (Å²) in [6.07, 6.45) is 0.776. The summed E-state index contributed by atoms with van der Waals surface area (Å²) in [7, 11) is 0. The first kappa shape index (κ1) is 13.6. The van der Waals surface area contributed by atoms with E-state index in [0.29, 0.717) is 10.7 Å². The number of nitrogens with two attached hydrogens (primary N) is 1. The molecule has 3 rings (SSSR count). The van der Waals surface area contributed by atoms with Crippen LogP contribution in [0.2, 0.25) is 5.02 Å². The van der Waals surface area contributed by atoms with Crippen molar-refractivity contribution >= 4 is 29.1 Å². The summed E-state index contributed by atoms with van der Waals surface area (Å²) in [5.41, 5.74) is 7.25. The van der Waals surface area contributed by atoms with Crippen LogP contribution < -0.4 is 10.5 Å². The minimum Gasteiger partial charge on any atom is -0.489 e. The third-order valence-corrected chi connectivity index (χ3v) is 4.77. The van der Waals surface area contributed by atoms with Crippen LogP contribution in [-0.2, 0) is 6.42 Å². The van der Waals surface area contributed by atoms with Gasteiger partial charge in [-0.15, -0.1) is 11.8 Å². The molecule has 2 aromatic rings. The summed E-state index contributed by atoms with van der Waals surface area (Å²) >= 11 is 7.76. The van der Waals surface area contributed by atoms with Gasteiger partial charge in [-0.2, -0.15) is 0 Å². The first-order valence-corrected chi connectivity index (χ1v) is 7.61. The molecule has 0 spiro atoms. The Balaban J connectivity index is 1.63. The first-order valence-electron chi connectivity index (χ1n) is 6.25. The molecule has 1 atom stereocenters. The van der Waals surface area contributed by atoms with Crippen LogP contribution in [0.25, 0.3) is 0 Å². The van der Waals surface area contributed by atoms with Gasteiger partial charge in [-0.05, 0) is 36.4 Å². The van der Waals surface area contributed by atoms with E-state index in [9.17, 15) is 4.39 Å². The average Bonchev–Trinajstić information content (AvgIpc) is 2.79. The number of thioether (sulfide) groups is 1. The lowest BCUT2D eigenvalue weighted by atomic mass is 10.1. The number of benzene rings is 2. The molecule has 0 saturated carbocycles. The molecular weight excluding hydrogens is 297 g/mol. The molecular formula is C15H13ClFNOS. The van der Waals surface area contributed by atoms with Gasteiger partial charge in [0, 0.05) is 28.3 Å². The second kappa shape index (κ2) is 5.54. The number of anilines is 1. The van der Waals surface area contributed by atoms with Gasteiger partial charge < -0.3 is 10.5 Å². The van der Waals surface area contributed by atoms with E-state index in [2.05, 4.69) is 0 Å². The Bertz CT molecular complexity index is 650. The van der Waals surface area contributed by atoms with Crippen LogP contribution >= 0.6 is 23.4 Å². The fraction of sp³-hybridized carbons (Fsp3) is 0.200. The Hall–Kier alpha value is -1.39. The van der Waals surface area contributed by atoms with Crippen molar-refractivity contribution in [2.24, 2.45) is 0 Å². The van der Waals surface area contributed by atoms with E-state index in [1.807, 2.05) is 12.1 Å². The van der Waals surface area contributed by atoms with Gasteiger partial charge in [0.05, 0.1) is 5.02 Å². The maximum Gasteiger partial charge on any atom is 0.123 e. The van der Waals surface area contributed by atoms with Crippen LogP contribution in [0.4, 0.5) is 10.1 Å². The van der Waals surface area contributed by atoms with Crippen molar-refractivity contribution in [1.82, 2.24) is 0 Å². The van der Waals surface area contributed by atoms with Crippen molar-refractivity contribution in [1.29, 1.82) is 0 Å². The highest BCUT2D eigenvalue weighted by Gasteiger charge is 2.23. The average molecular weight is 310 g/mol. The zero-order valence-corrected chi connectivity index (χ0v) is 12.2. The molecule has 0 aliphatic carbocycles. The first-order chi connectivity index (χ1) is 9.61. The number of halogens is 2. The van der Waals surface area contributed by atoms with E-state index in [1.54, 1.807) is 23.9 Å². The number of rotatable bonds is 3. The highest BCUT2D eigenvalue weighted by atomic mass is 35.5. The van der Waals surface area contributed by atoms with E-state index in [0.717, 1.165) is 28.4 Å². The predicted molar refractivity (Wildman–Crippen MR) is 81.1 cm³/mol. The third kappa shape index (κ3) is 2.86. The van der Waals surface area contributed by atoms with Crippen LogP contribution in [0.1, 0.15) is 5.56 Å². The lowest BCUT2D eigenvalue weighted by Crippen LogP contribution is -2.15. The van der Waals surface area contributed by atoms with Gasteiger partial charge in [0.25, 0.3) is 0 Å². The molecule has 2 aromatic carbocycles. The van der Waals surface area contributed by atoms with Crippen molar-refractivity contribution in [2.75, 3.05) is 11.5 Å². The van der Waals surface area contributed by atoms with E-state index in [4.69, 9.17) is 22.1 Å². The van der Waals surface area contributed by atoms with Gasteiger partial charge in [-0.25, -0.2) is 4.39 Å². The molecule has 0 aromatic heterocycles. The quantitative estimate of drug-likeness (QED) is 0.683. The van der Waals surface area contributed by atoms with Gasteiger partial charge in [0.15, 0.2) is 0 Å². The maximum absolute atomic E-state index is 13.1. The van der Waals surface area contributed by atoms with Crippen LogP contribution in [0.5, 0.6) is 5.75 Å². The number of fused-ring (bicyclic) bond motifs is 1. The largest absolute Gasteiger partial charge is 0.489 e. The SMILES string of the molecule is Nc1ccc(SCC2Cc3cc(F)ccc3O2)c(Cl)c1. The zero-order valence-electron chi connectivity index (χ0n) is 10.6. The van der Waals surface area contributed by atoms with Gasteiger partial charge in [0.1, 0.15) is 17.7 Å². The smallest absolute Gasteiger partial charge is 0.123 e. The molecule has 20 heavy (non-hydrogen) atoms. The van der Waals surface area contributed by atoms with Crippen LogP contribution in [0.15, 0.2) is 41.3 Å². The summed E-state index contributed by atoms with van der Waals surface area (Å²) in [5, 5.41) is 0.650. The van der Waals surface area contributed by atoms with Gasteiger partial charge >= 0.3 is 0 Å². The fourth-order valence-corrected chi connectivity index (χ4v) is 3.46. The Morgan fingerprint density at radius 2 is 2.15 bits per heavy atom. The molecule has 2 nitrogen and oxygen atoms in total. The molecule has 1 aliphatic rings. The van der Waals surface area contributed by atoms with E-state index < -0.39 is 0 Å².